The van der Waals surface area contributed by atoms with Gasteiger partial charge in [0.25, 0.3) is 5.91 Å². The number of carbonyl (C=O) groups excluding carboxylic acids is 2. The van der Waals surface area contributed by atoms with Gasteiger partial charge in [-0.3, -0.25) is 19.8 Å². The number of hydrogen-bond acceptors (Lipinski definition) is 7. The summed E-state index contributed by atoms with van der Waals surface area (Å²) in [6.07, 6.45) is 2.46. The molecule has 0 atom stereocenters. The number of ether oxygens (including phenoxy) is 2. The minimum atomic E-state index is -3.70. The summed E-state index contributed by atoms with van der Waals surface area (Å²) in [5.41, 5.74) is 0.393. The Bertz CT molecular complexity index is 1110. The average molecular weight is 463 g/mol. The Morgan fingerprint density at radius 3 is 2.44 bits per heavy atom. The van der Waals surface area contributed by atoms with Gasteiger partial charge >= 0.3 is 0 Å². The van der Waals surface area contributed by atoms with Gasteiger partial charge in [0.05, 0.1) is 24.7 Å². The Kier molecular flexibility index (Phi) is 6.49. The molecular weight excluding hydrogens is 436 g/mol. The van der Waals surface area contributed by atoms with Gasteiger partial charge in [-0.25, -0.2) is 8.42 Å². The minimum absolute atomic E-state index is 0.0219. The van der Waals surface area contributed by atoms with Crippen LogP contribution in [-0.2, 0) is 21.9 Å². The highest BCUT2D eigenvalue weighted by Gasteiger charge is 2.30. The summed E-state index contributed by atoms with van der Waals surface area (Å²) in [6, 6.07) is 8.01. The third-order valence-corrected chi connectivity index (χ3v) is 7.38. The molecule has 1 saturated heterocycles. The van der Waals surface area contributed by atoms with Crippen molar-refractivity contribution in [2.75, 3.05) is 45.9 Å². The van der Waals surface area contributed by atoms with Gasteiger partial charge in [0, 0.05) is 51.9 Å². The topological polar surface area (TPSA) is 110 Å². The first-order valence-electron chi connectivity index (χ1n) is 10.4. The number of nitrogens with zero attached hydrogens (tertiary/aromatic N) is 3. The van der Waals surface area contributed by atoms with Crippen LogP contribution in [0.15, 0.2) is 41.4 Å². The van der Waals surface area contributed by atoms with E-state index in [1.165, 1.54) is 16.4 Å². The van der Waals surface area contributed by atoms with Crippen molar-refractivity contribution in [2.24, 2.45) is 7.05 Å². The maximum atomic E-state index is 13.1. The molecule has 10 nitrogen and oxygen atoms in total. The van der Waals surface area contributed by atoms with E-state index in [2.05, 4.69) is 5.32 Å². The van der Waals surface area contributed by atoms with Crippen LogP contribution in [0.4, 0.5) is 0 Å². The predicted octanol–water partition coefficient (Wildman–Crippen LogP) is 0.449. The van der Waals surface area contributed by atoms with Gasteiger partial charge in [-0.1, -0.05) is 0 Å². The number of nitrogens with one attached hydrogen (secondary N) is 1. The monoisotopic (exact) mass is 462 g/mol. The molecule has 11 heteroatoms. The van der Waals surface area contributed by atoms with Crippen LogP contribution < -0.4 is 14.8 Å². The van der Waals surface area contributed by atoms with E-state index in [-0.39, 0.29) is 24.5 Å². The SMILES string of the molecule is Cn1cccc1C(=O)NC(=O)CN1CCN(S(=O)(=O)c2ccc3c(c2)OCCCO3)CC1. The quantitative estimate of drug-likeness (QED) is 0.687. The number of amides is 2. The Balaban J connectivity index is 1.33. The van der Waals surface area contributed by atoms with E-state index >= 15 is 0 Å². The molecule has 0 bridgehead atoms. The predicted molar refractivity (Wildman–Crippen MR) is 115 cm³/mol. The molecule has 1 aromatic heterocycles. The first-order chi connectivity index (χ1) is 15.3. The fourth-order valence-corrected chi connectivity index (χ4v) is 5.15. The number of fused-ring (bicyclic) bond motifs is 1. The zero-order chi connectivity index (χ0) is 22.7. The summed E-state index contributed by atoms with van der Waals surface area (Å²) in [7, 11) is -1.97. The van der Waals surface area contributed by atoms with Gasteiger partial charge < -0.3 is 14.0 Å². The van der Waals surface area contributed by atoms with Crippen molar-refractivity contribution >= 4 is 21.8 Å². The molecule has 4 rings (SSSR count). The number of benzene rings is 1. The normalized spacial score (nSPS) is 17.5. The fraction of sp³-hybridized carbons (Fsp3) is 0.429. The highest BCUT2D eigenvalue weighted by atomic mass is 32.2. The van der Waals surface area contributed by atoms with E-state index < -0.39 is 21.8 Å². The lowest BCUT2D eigenvalue weighted by atomic mass is 10.3. The van der Waals surface area contributed by atoms with Crippen LogP contribution in [0.3, 0.4) is 0 Å². The van der Waals surface area contributed by atoms with Crippen LogP contribution in [0.1, 0.15) is 16.9 Å². The number of sulfonamides is 1. The molecule has 0 spiro atoms. The molecule has 2 aliphatic rings. The van der Waals surface area contributed by atoms with Crippen molar-refractivity contribution in [3.05, 3.63) is 42.2 Å². The Morgan fingerprint density at radius 1 is 1.03 bits per heavy atom. The van der Waals surface area contributed by atoms with E-state index in [1.807, 2.05) is 4.90 Å². The molecule has 2 aliphatic heterocycles. The van der Waals surface area contributed by atoms with E-state index in [4.69, 9.17) is 9.47 Å². The molecular formula is C21H26N4O6S. The average Bonchev–Trinajstić information content (AvgIpc) is 3.06. The highest BCUT2D eigenvalue weighted by Crippen LogP contribution is 2.33. The number of aryl methyl sites for hydroxylation is 1. The molecule has 0 saturated carbocycles. The highest BCUT2D eigenvalue weighted by molar-refractivity contribution is 7.89. The summed E-state index contributed by atoms with van der Waals surface area (Å²) >= 11 is 0. The van der Waals surface area contributed by atoms with E-state index in [0.29, 0.717) is 43.5 Å². The maximum Gasteiger partial charge on any atom is 0.274 e. The number of piperazine rings is 1. The second kappa shape index (κ2) is 9.31. The third kappa shape index (κ3) is 4.79. The largest absolute Gasteiger partial charge is 0.490 e. The molecule has 0 radical (unpaired) electrons. The van der Waals surface area contributed by atoms with Gasteiger partial charge in [-0.2, -0.15) is 4.31 Å². The Hall–Kier alpha value is -2.89. The second-order valence-electron chi connectivity index (χ2n) is 7.72. The van der Waals surface area contributed by atoms with Crippen molar-refractivity contribution in [3.8, 4) is 11.5 Å². The van der Waals surface area contributed by atoms with Crippen LogP contribution >= 0.6 is 0 Å². The van der Waals surface area contributed by atoms with Crippen molar-refractivity contribution in [2.45, 2.75) is 11.3 Å². The molecule has 32 heavy (non-hydrogen) atoms. The lowest BCUT2D eigenvalue weighted by Gasteiger charge is -2.33. The minimum Gasteiger partial charge on any atom is -0.490 e. The Morgan fingerprint density at radius 2 is 1.75 bits per heavy atom. The second-order valence-corrected chi connectivity index (χ2v) is 9.66. The molecule has 1 fully saturated rings. The van der Waals surface area contributed by atoms with Gasteiger partial charge in [0.1, 0.15) is 5.69 Å². The van der Waals surface area contributed by atoms with Gasteiger partial charge in [-0.15, -0.1) is 0 Å². The summed E-state index contributed by atoms with van der Waals surface area (Å²) in [5, 5.41) is 2.37. The Labute approximate surface area is 186 Å². The van der Waals surface area contributed by atoms with Crippen LogP contribution in [0.5, 0.6) is 11.5 Å². The molecule has 1 aromatic carbocycles. The number of aromatic nitrogens is 1. The fourth-order valence-electron chi connectivity index (χ4n) is 3.71. The number of carbonyl (C=O) groups is 2. The van der Waals surface area contributed by atoms with E-state index in [1.54, 1.807) is 36.0 Å². The lowest BCUT2D eigenvalue weighted by molar-refractivity contribution is -0.121. The van der Waals surface area contributed by atoms with Crippen molar-refractivity contribution in [3.63, 3.8) is 0 Å². The molecule has 2 amide bonds. The van der Waals surface area contributed by atoms with E-state index in [0.717, 1.165) is 6.42 Å². The summed E-state index contributed by atoms with van der Waals surface area (Å²) in [6.45, 7) is 2.29. The first kappa shape index (κ1) is 22.3. The van der Waals surface area contributed by atoms with Crippen LogP contribution in [0.25, 0.3) is 0 Å². The first-order valence-corrected chi connectivity index (χ1v) is 11.9. The summed E-state index contributed by atoms with van der Waals surface area (Å²) < 4.78 is 40.4. The molecule has 2 aromatic rings. The number of hydrogen-bond donors (Lipinski definition) is 1. The van der Waals surface area contributed by atoms with Gasteiger partial charge in [-0.05, 0) is 24.3 Å². The number of imide groups is 1. The van der Waals surface area contributed by atoms with Crippen molar-refractivity contribution in [1.82, 2.24) is 19.1 Å². The van der Waals surface area contributed by atoms with Crippen molar-refractivity contribution < 1.29 is 27.5 Å². The summed E-state index contributed by atoms with van der Waals surface area (Å²) in [5.74, 6) is 0.0949. The zero-order valence-corrected chi connectivity index (χ0v) is 18.6. The summed E-state index contributed by atoms with van der Waals surface area (Å²) in [4.78, 5) is 26.4. The van der Waals surface area contributed by atoms with Crippen LogP contribution in [0, 0.1) is 0 Å². The maximum absolute atomic E-state index is 13.1. The molecule has 0 unspecified atom stereocenters. The smallest absolute Gasteiger partial charge is 0.274 e. The number of rotatable bonds is 5. The van der Waals surface area contributed by atoms with Gasteiger partial charge in [0.15, 0.2) is 11.5 Å². The van der Waals surface area contributed by atoms with E-state index in [9.17, 15) is 18.0 Å². The third-order valence-electron chi connectivity index (χ3n) is 5.48. The van der Waals surface area contributed by atoms with Gasteiger partial charge in [0.2, 0.25) is 15.9 Å². The lowest BCUT2D eigenvalue weighted by Crippen LogP contribution is -2.51. The van der Waals surface area contributed by atoms with Crippen LogP contribution in [-0.4, -0.2) is 79.9 Å². The molecule has 172 valence electrons. The molecule has 0 aliphatic carbocycles. The van der Waals surface area contributed by atoms with Crippen LogP contribution in [0.2, 0.25) is 0 Å². The van der Waals surface area contributed by atoms with Crippen molar-refractivity contribution in [1.29, 1.82) is 0 Å². The standard InChI is InChI=1S/C21H26N4O6S/c1-23-7-2-4-17(23)21(27)22-20(26)15-24-8-10-25(11-9-24)32(28,29)16-5-6-18-19(14-16)31-13-3-12-30-18/h2,4-7,14H,3,8-13,15H2,1H3,(H,22,26,27). The molecule has 1 N–H and O–H groups in total. The zero-order valence-electron chi connectivity index (χ0n) is 17.8. The molecule has 3 heterocycles.